The Balaban J connectivity index is 1.64. The van der Waals surface area contributed by atoms with Crippen molar-refractivity contribution in [3.63, 3.8) is 0 Å². The van der Waals surface area contributed by atoms with E-state index in [-0.39, 0.29) is 5.54 Å². The topological polar surface area (TPSA) is 58.2 Å². The van der Waals surface area contributed by atoms with E-state index in [4.69, 9.17) is 0 Å². The average molecular weight is 262 g/mol. The molecule has 4 bridgehead atoms. The molecule has 0 saturated heterocycles. The first kappa shape index (κ1) is 12.7. The summed E-state index contributed by atoms with van der Waals surface area (Å²) in [6, 6.07) is 0. The van der Waals surface area contributed by atoms with Crippen molar-refractivity contribution in [3.05, 3.63) is 12.7 Å². The zero-order valence-corrected chi connectivity index (χ0v) is 11.3. The van der Waals surface area contributed by atoms with Gasteiger partial charge >= 0.3 is 11.8 Å². The van der Waals surface area contributed by atoms with Gasteiger partial charge in [0.2, 0.25) is 0 Å². The molecule has 0 radical (unpaired) electrons. The number of carbonyl (C=O) groups is 2. The summed E-state index contributed by atoms with van der Waals surface area (Å²) in [5.41, 5.74) is -0.0860. The first-order valence-electron chi connectivity index (χ1n) is 7.31. The van der Waals surface area contributed by atoms with E-state index in [9.17, 15) is 9.59 Å². The van der Waals surface area contributed by atoms with Gasteiger partial charge in [0.1, 0.15) is 0 Å². The van der Waals surface area contributed by atoms with Crippen molar-refractivity contribution in [3.8, 4) is 0 Å². The molecule has 4 heteroatoms. The third kappa shape index (κ3) is 2.40. The molecule has 0 aliphatic heterocycles. The van der Waals surface area contributed by atoms with Crippen LogP contribution in [0.5, 0.6) is 0 Å². The van der Waals surface area contributed by atoms with Crippen LogP contribution in [0.2, 0.25) is 0 Å². The maximum Gasteiger partial charge on any atom is 0.309 e. The van der Waals surface area contributed by atoms with Crippen LogP contribution in [-0.4, -0.2) is 23.9 Å². The van der Waals surface area contributed by atoms with E-state index in [0.717, 1.165) is 37.0 Å². The number of hydrogen-bond acceptors (Lipinski definition) is 2. The van der Waals surface area contributed by atoms with Crippen LogP contribution >= 0.6 is 0 Å². The minimum Gasteiger partial charge on any atom is -0.344 e. The van der Waals surface area contributed by atoms with Crippen molar-refractivity contribution in [2.45, 2.75) is 44.1 Å². The molecule has 4 aliphatic carbocycles. The molecule has 2 N–H and O–H groups in total. The molecular weight excluding hydrogens is 240 g/mol. The summed E-state index contributed by atoms with van der Waals surface area (Å²) in [5.74, 6) is 1.30. The van der Waals surface area contributed by atoms with E-state index in [1.807, 2.05) is 0 Å². The Hall–Kier alpha value is -1.32. The molecule has 0 heterocycles. The Kier molecular flexibility index (Phi) is 3.11. The van der Waals surface area contributed by atoms with E-state index in [1.54, 1.807) is 6.08 Å². The second kappa shape index (κ2) is 4.66. The smallest absolute Gasteiger partial charge is 0.309 e. The Bertz CT molecular complexity index is 381. The SMILES string of the molecule is C=CCNC(=O)C(=O)NC12CC3CC(CC(C3)C1)C2. The monoisotopic (exact) mass is 262 g/mol. The van der Waals surface area contributed by atoms with Gasteiger partial charge in [-0.15, -0.1) is 6.58 Å². The molecular formula is C15H22N2O2. The Morgan fingerprint density at radius 2 is 1.58 bits per heavy atom. The van der Waals surface area contributed by atoms with Crippen molar-refractivity contribution in [2.24, 2.45) is 17.8 Å². The van der Waals surface area contributed by atoms with Gasteiger partial charge in [-0.3, -0.25) is 9.59 Å². The molecule has 0 aromatic heterocycles. The predicted octanol–water partition coefficient (Wildman–Crippen LogP) is 1.37. The van der Waals surface area contributed by atoms with Gasteiger partial charge in [-0.25, -0.2) is 0 Å². The van der Waals surface area contributed by atoms with E-state index in [0.29, 0.717) is 6.54 Å². The summed E-state index contributed by atoms with van der Waals surface area (Å²) in [7, 11) is 0. The molecule has 4 saturated carbocycles. The van der Waals surface area contributed by atoms with Gasteiger partial charge in [-0.2, -0.15) is 0 Å². The van der Waals surface area contributed by atoms with E-state index < -0.39 is 11.8 Å². The lowest BCUT2D eigenvalue weighted by atomic mass is 9.53. The fourth-order valence-corrected chi connectivity index (χ4v) is 4.81. The minimum atomic E-state index is -0.532. The highest BCUT2D eigenvalue weighted by Crippen LogP contribution is 2.55. The number of nitrogens with one attached hydrogen (secondary N) is 2. The lowest BCUT2D eigenvalue weighted by molar-refractivity contribution is -0.142. The van der Waals surface area contributed by atoms with Gasteiger partial charge in [-0.05, 0) is 56.3 Å². The highest BCUT2D eigenvalue weighted by Gasteiger charge is 2.51. The lowest BCUT2D eigenvalue weighted by Gasteiger charge is -2.56. The molecule has 0 atom stereocenters. The molecule has 0 unspecified atom stereocenters. The molecule has 19 heavy (non-hydrogen) atoms. The third-order valence-electron chi connectivity index (χ3n) is 5.03. The van der Waals surface area contributed by atoms with Crippen LogP contribution in [0.15, 0.2) is 12.7 Å². The second-order valence-electron chi connectivity index (χ2n) is 6.65. The van der Waals surface area contributed by atoms with Gasteiger partial charge in [0.15, 0.2) is 0 Å². The molecule has 104 valence electrons. The second-order valence-corrected chi connectivity index (χ2v) is 6.65. The summed E-state index contributed by atoms with van der Waals surface area (Å²) in [4.78, 5) is 23.6. The van der Waals surface area contributed by atoms with Crippen LogP contribution in [0.3, 0.4) is 0 Å². The molecule has 4 nitrogen and oxygen atoms in total. The molecule has 0 spiro atoms. The van der Waals surface area contributed by atoms with E-state index >= 15 is 0 Å². The maximum absolute atomic E-state index is 12.0. The third-order valence-corrected chi connectivity index (χ3v) is 5.03. The zero-order valence-electron chi connectivity index (χ0n) is 11.3. The van der Waals surface area contributed by atoms with Crippen LogP contribution in [0.1, 0.15) is 38.5 Å². The first-order chi connectivity index (χ1) is 9.10. The highest BCUT2D eigenvalue weighted by atomic mass is 16.2. The van der Waals surface area contributed by atoms with Gasteiger partial charge < -0.3 is 10.6 Å². The Morgan fingerprint density at radius 3 is 2.05 bits per heavy atom. The molecule has 2 amide bonds. The van der Waals surface area contributed by atoms with Crippen molar-refractivity contribution >= 4 is 11.8 Å². The van der Waals surface area contributed by atoms with Crippen molar-refractivity contribution in [1.29, 1.82) is 0 Å². The summed E-state index contributed by atoms with van der Waals surface area (Å²) in [6.45, 7) is 3.87. The molecule has 0 aromatic rings. The van der Waals surface area contributed by atoms with Crippen molar-refractivity contribution < 1.29 is 9.59 Å². The van der Waals surface area contributed by atoms with Crippen LogP contribution < -0.4 is 10.6 Å². The van der Waals surface area contributed by atoms with Crippen LogP contribution in [0.25, 0.3) is 0 Å². The average Bonchev–Trinajstić information content (AvgIpc) is 2.33. The van der Waals surface area contributed by atoms with Gasteiger partial charge in [0, 0.05) is 12.1 Å². The van der Waals surface area contributed by atoms with E-state index in [2.05, 4.69) is 17.2 Å². The highest BCUT2D eigenvalue weighted by molar-refractivity contribution is 6.35. The maximum atomic E-state index is 12.0. The first-order valence-corrected chi connectivity index (χ1v) is 7.31. The zero-order chi connectivity index (χ0) is 13.5. The van der Waals surface area contributed by atoms with Gasteiger partial charge in [0.25, 0.3) is 0 Å². The van der Waals surface area contributed by atoms with Gasteiger partial charge in [-0.1, -0.05) is 6.08 Å². The number of rotatable bonds is 3. The number of hydrogen-bond donors (Lipinski definition) is 2. The van der Waals surface area contributed by atoms with Crippen molar-refractivity contribution in [2.75, 3.05) is 6.54 Å². The standard InChI is InChI=1S/C15H22N2O2/c1-2-3-16-13(18)14(19)17-15-7-10-4-11(8-15)6-12(5-10)9-15/h2,10-12H,1,3-9H2,(H,16,18)(H,17,19). The molecule has 4 rings (SSSR count). The largest absolute Gasteiger partial charge is 0.344 e. The molecule has 4 fully saturated rings. The summed E-state index contributed by atoms with van der Waals surface area (Å²) in [5, 5.41) is 5.59. The quantitative estimate of drug-likeness (QED) is 0.596. The minimum absolute atomic E-state index is 0.0860. The van der Waals surface area contributed by atoms with Crippen molar-refractivity contribution in [1.82, 2.24) is 10.6 Å². The van der Waals surface area contributed by atoms with Crippen LogP contribution in [0.4, 0.5) is 0 Å². The summed E-state index contributed by atoms with van der Waals surface area (Å²) < 4.78 is 0. The summed E-state index contributed by atoms with van der Waals surface area (Å²) in [6.07, 6.45) is 8.78. The predicted molar refractivity (Wildman–Crippen MR) is 72.3 cm³/mol. The fourth-order valence-electron chi connectivity index (χ4n) is 4.81. The number of amides is 2. The van der Waals surface area contributed by atoms with E-state index in [1.165, 1.54) is 19.3 Å². The van der Waals surface area contributed by atoms with Crippen LogP contribution in [0, 0.1) is 17.8 Å². The van der Waals surface area contributed by atoms with Gasteiger partial charge in [0.05, 0.1) is 0 Å². The van der Waals surface area contributed by atoms with Crippen LogP contribution in [-0.2, 0) is 9.59 Å². The molecule has 0 aromatic carbocycles. The number of carbonyl (C=O) groups excluding carboxylic acids is 2. The Morgan fingerprint density at radius 1 is 1.05 bits per heavy atom. The Labute approximate surface area is 114 Å². The summed E-state index contributed by atoms with van der Waals surface area (Å²) >= 11 is 0. The lowest BCUT2D eigenvalue weighted by Crippen LogP contribution is -2.61. The normalized spacial score (nSPS) is 38.8. The fraction of sp³-hybridized carbons (Fsp3) is 0.733. The molecule has 4 aliphatic rings.